The minimum absolute atomic E-state index is 0.414. The second-order valence-electron chi connectivity index (χ2n) is 4.92. The maximum absolute atomic E-state index is 9.94. The van der Waals surface area contributed by atoms with E-state index in [1.165, 1.54) is 0 Å². The Morgan fingerprint density at radius 3 is 3.05 bits per heavy atom. The number of fused-ring (bicyclic) bond motifs is 1. The van der Waals surface area contributed by atoms with E-state index in [9.17, 15) is 5.11 Å². The van der Waals surface area contributed by atoms with Gasteiger partial charge in [-0.2, -0.15) is 0 Å². The Morgan fingerprint density at radius 1 is 1.42 bits per heavy atom. The van der Waals surface area contributed by atoms with E-state index in [2.05, 4.69) is 4.98 Å². The van der Waals surface area contributed by atoms with E-state index in [0.717, 1.165) is 48.5 Å². The lowest BCUT2D eigenvalue weighted by molar-refractivity contribution is 0.0780. The summed E-state index contributed by atoms with van der Waals surface area (Å²) in [5, 5.41) is 9.94. The van der Waals surface area contributed by atoms with Crippen molar-refractivity contribution in [2.45, 2.75) is 31.9 Å². The van der Waals surface area contributed by atoms with Gasteiger partial charge in [-0.3, -0.25) is 0 Å². The molecule has 0 aliphatic carbocycles. The number of imidazole rings is 1. The van der Waals surface area contributed by atoms with Crippen molar-refractivity contribution in [3.05, 3.63) is 47.5 Å². The van der Waals surface area contributed by atoms with Gasteiger partial charge in [-0.25, -0.2) is 4.98 Å². The normalized spacial score (nSPS) is 18.1. The van der Waals surface area contributed by atoms with Crippen LogP contribution in [0.25, 0.3) is 0 Å². The van der Waals surface area contributed by atoms with Gasteiger partial charge in [-0.1, -0.05) is 18.2 Å². The highest BCUT2D eigenvalue weighted by Crippen LogP contribution is 2.25. The standard InChI is InChI=1S/C15H18N2O2/c1-19-13-6-3-2-5-11(13)9-12-10-17-14(16-12)7-4-8-15(17)18/h2-3,5-6,10,15,18H,4,7-9H2,1H3. The number of para-hydroxylation sites is 1. The van der Waals surface area contributed by atoms with Crippen LogP contribution in [0.4, 0.5) is 0 Å². The molecule has 4 heteroatoms. The van der Waals surface area contributed by atoms with Gasteiger partial charge >= 0.3 is 0 Å². The van der Waals surface area contributed by atoms with Gasteiger partial charge in [0.2, 0.25) is 0 Å². The summed E-state index contributed by atoms with van der Waals surface area (Å²) in [4.78, 5) is 4.62. The fraction of sp³-hybridized carbons (Fsp3) is 0.400. The molecule has 100 valence electrons. The highest BCUT2D eigenvalue weighted by atomic mass is 16.5. The molecule has 0 saturated carbocycles. The van der Waals surface area contributed by atoms with E-state index in [0.29, 0.717) is 0 Å². The lowest BCUT2D eigenvalue weighted by Crippen LogP contribution is -2.16. The van der Waals surface area contributed by atoms with Crippen LogP contribution in [0.3, 0.4) is 0 Å². The molecule has 0 spiro atoms. The molecule has 2 heterocycles. The summed E-state index contributed by atoms with van der Waals surface area (Å²) in [6.07, 6.45) is 5.05. The first kappa shape index (κ1) is 12.2. The topological polar surface area (TPSA) is 47.3 Å². The molecule has 0 fully saturated rings. The largest absolute Gasteiger partial charge is 0.496 e. The SMILES string of the molecule is COc1ccccc1Cc1cn2c(n1)CCCC2O. The summed E-state index contributed by atoms with van der Waals surface area (Å²) < 4.78 is 7.25. The van der Waals surface area contributed by atoms with Crippen LogP contribution < -0.4 is 4.74 Å². The number of rotatable bonds is 3. The zero-order chi connectivity index (χ0) is 13.2. The van der Waals surface area contributed by atoms with Crippen LogP contribution in [0.1, 0.15) is 36.2 Å². The Labute approximate surface area is 112 Å². The van der Waals surface area contributed by atoms with Crippen molar-refractivity contribution in [2.24, 2.45) is 0 Å². The highest BCUT2D eigenvalue weighted by Gasteiger charge is 2.19. The van der Waals surface area contributed by atoms with Crippen molar-refractivity contribution in [1.29, 1.82) is 0 Å². The minimum atomic E-state index is -0.414. The van der Waals surface area contributed by atoms with Gasteiger partial charge in [-0.15, -0.1) is 0 Å². The summed E-state index contributed by atoms with van der Waals surface area (Å²) in [5.41, 5.74) is 2.11. The van der Waals surface area contributed by atoms with Crippen molar-refractivity contribution < 1.29 is 9.84 Å². The Bertz CT molecular complexity index is 577. The summed E-state index contributed by atoms with van der Waals surface area (Å²) in [7, 11) is 1.68. The number of hydrogen-bond acceptors (Lipinski definition) is 3. The van der Waals surface area contributed by atoms with Crippen LogP contribution in [-0.4, -0.2) is 21.8 Å². The Hall–Kier alpha value is -1.81. The molecule has 0 bridgehead atoms. The third-order valence-corrected chi connectivity index (χ3v) is 3.61. The molecular formula is C15H18N2O2. The first-order valence-corrected chi connectivity index (χ1v) is 6.64. The van der Waals surface area contributed by atoms with Gasteiger partial charge in [0.25, 0.3) is 0 Å². The van der Waals surface area contributed by atoms with Gasteiger partial charge in [0, 0.05) is 24.6 Å². The zero-order valence-electron chi connectivity index (χ0n) is 11.0. The Balaban J connectivity index is 1.88. The number of ether oxygens (including phenoxy) is 1. The van der Waals surface area contributed by atoms with E-state index < -0.39 is 6.23 Å². The summed E-state index contributed by atoms with van der Waals surface area (Å²) in [6, 6.07) is 7.97. The molecule has 2 aromatic rings. The van der Waals surface area contributed by atoms with E-state index in [4.69, 9.17) is 4.74 Å². The van der Waals surface area contributed by atoms with Crippen LogP contribution in [0.15, 0.2) is 30.5 Å². The van der Waals surface area contributed by atoms with Crippen LogP contribution in [0.2, 0.25) is 0 Å². The maximum Gasteiger partial charge on any atom is 0.131 e. The molecule has 1 atom stereocenters. The van der Waals surface area contributed by atoms with Crippen molar-refractivity contribution >= 4 is 0 Å². The molecule has 1 unspecified atom stereocenters. The minimum Gasteiger partial charge on any atom is -0.496 e. The lowest BCUT2D eigenvalue weighted by Gasteiger charge is -2.19. The number of methoxy groups -OCH3 is 1. The van der Waals surface area contributed by atoms with Crippen LogP contribution in [-0.2, 0) is 12.8 Å². The number of aromatic nitrogens is 2. The van der Waals surface area contributed by atoms with Gasteiger partial charge in [0.1, 0.15) is 17.8 Å². The second kappa shape index (κ2) is 5.05. The third-order valence-electron chi connectivity index (χ3n) is 3.61. The third kappa shape index (κ3) is 2.36. The lowest BCUT2D eigenvalue weighted by atomic mass is 10.1. The number of aliphatic hydroxyl groups is 1. The molecule has 0 saturated heterocycles. The summed E-state index contributed by atoms with van der Waals surface area (Å²) in [6.45, 7) is 0. The van der Waals surface area contributed by atoms with Crippen molar-refractivity contribution in [3.63, 3.8) is 0 Å². The fourth-order valence-corrected chi connectivity index (χ4v) is 2.64. The average molecular weight is 258 g/mol. The molecular weight excluding hydrogens is 240 g/mol. The van der Waals surface area contributed by atoms with E-state index in [1.54, 1.807) is 7.11 Å². The average Bonchev–Trinajstić information content (AvgIpc) is 2.83. The predicted octanol–water partition coefficient (Wildman–Crippen LogP) is 2.31. The van der Waals surface area contributed by atoms with E-state index in [1.807, 2.05) is 35.0 Å². The van der Waals surface area contributed by atoms with Crippen molar-refractivity contribution in [1.82, 2.24) is 9.55 Å². The van der Waals surface area contributed by atoms with E-state index >= 15 is 0 Å². The Kier molecular flexibility index (Phi) is 3.25. The van der Waals surface area contributed by atoms with Crippen molar-refractivity contribution in [2.75, 3.05) is 7.11 Å². The van der Waals surface area contributed by atoms with Gasteiger partial charge in [0.05, 0.1) is 12.8 Å². The number of nitrogens with zero attached hydrogens (tertiary/aromatic N) is 2. The van der Waals surface area contributed by atoms with Gasteiger partial charge in [0.15, 0.2) is 0 Å². The molecule has 1 aromatic heterocycles. The molecule has 1 aromatic carbocycles. The smallest absolute Gasteiger partial charge is 0.131 e. The summed E-state index contributed by atoms with van der Waals surface area (Å²) >= 11 is 0. The van der Waals surface area contributed by atoms with Crippen LogP contribution in [0.5, 0.6) is 5.75 Å². The number of hydrogen-bond donors (Lipinski definition) is 1. The van der Waals surface area contributed by atoms with Crippen LogP contribution in [0, 0.1) is 0 Å². The molecule has 3 rings (SSSR count). The zero-order valence-corrected chi connectivity index (χ0v) is 11.0. The number of aryl methyl sites for hydroxylation is 1. The first-order valence-electron chi connectivity index (χ1n) is 6.64. The van der Waals surface area contributed by atoms with Crippen LogP contribution >= 0.6 is 0 Å². The molecule has 1 N–H and O–H groups in total. The molecule has 4 nitrogen and oxygen atoms in total. The molecule has 1 aliphatic heterocycles. The molecule has 19 heavy (non-hydrogen) atoms. The molecule has 0 radical (unpaired) electrons. The second-order valence-corrected chi connectivity index (χ2v) is 4.92. The quantitative estimate of drug-likeness (QED) is 0.919. The monoisotopic (exact) mass is 258 g/mol. The molecule has 1 aliphatic rings. The molecule has 0 amide bonds. The van der Waals surface area contributed by atoms with E-state index in [-0.39, 0.29) is 0 Å². The number of benzene rings is 1. The summed E-state index contributed by atoms with van der Waals surface area (Å²) in [5.74, 6) is 1.87. The highest BCUT2D eigenvalue weighted by molar-refractivity contribution is 5.36. The van der Waals surface area contributed by atoms with Gasteiger partial charge < -0.3 is 14.4 Å². The maximum atomic E-state index is 9.94. The Morgan fingerprint density at radius 2 is 2.26 bits per heavy atom. The fourth-order valence-electron chi connectivity index (χ4n) is 2.64. The van der Waals surface area contributed by atoms with Crippen molar-refractivity contribution in [3.8, 4) is 5.75 Å². The number of aliphatic hydroxyl groups excluding tert-OH is 1. The predicted molar refractivity (Wildman–Crippen MR) is 72.2 cm³/mol. The van der Waals surface area contributed by atoms with Gasteiger partial charge in [-0.05, 0) is 18.9 Å². The first-order chi connectivity index (χ1) is 9.28.